The average Bonchev–Trinajstić information content (AvgIpc) is 2.85. The minimum Gasteiger partial charge on any atom is -0.503 e. The van der Waals surface area contributed by atoms with E-state index in [-0.39, 0.29) is 17.8 Å². The maximum absolute atomic E-state index is 12.9. The van der Waals surface area contributed by atoms with Crippen LogP contribution in [0.2, 0.25) is 0 Å². The number of nitrogens with zero attached hydrogens (tertiary/aromatic N) is 1. The summed E-state index contributed by atoms with van der Waals surface area (Å²) in [4.78, 5) is 37.8. The van der Waals surface area contributed by atoms with Crippen molar-refractivity contribution in [3.05, 3.63) is 47.2 Å². The molecular formula is C21H27NO5. The van der Waals surface area contributed by atoms with Gasteiger partial charge in [-0.3, -0.25) is 14.4 Å². The molecule has 0 unspecified atom stereocenters. The number of hydrogen-bond acceptors (Lipinski definition) is 4. The van der Waals surface area contributed by atoms with E-state index < -0.39 is 29.1 Å². The SMILES string of the molecule is CC(C)(C)C(=O)C1=C(O)C(=O)N(CCCCCC(=O)O)[C@@H]1c1ccccc1. The van der Waals surface area contributed by atoms with Gasteiger partial charge < -0.3 is 15.1 Å². The van der Waals surface area contributed by atoms with Crippen molar-refractivity contribution in [2.75, 3.05) is 6.54 Å². The molecule has 0 saturated heterocycles. The summed E-state index contributed by atoms with van der Waals surface area (Å²) < 4.78 is 0. The van der Waals surface area contributed by atoms with Gasteiger partial charge in [0.05, 0.1) is 11.6 Å². The molecule has 6 heteroatoms. The van der Waals surface area contributed by atoms with Crippen LogP contribution in [0.15, 0.2) is 41.7 Å². The van der Waals surface area contributed by atoms with E-state index in [1.165, 1.54) is 4.90 Å². The summed E-state index contributed by atoms with van der Waals surface area (Å²) in [5, 5.41) is 19.2. The average molecular weight is 373 g/mol. The van der Waals surface area contributed by atoms with Crippen LogP contribution in [0.1, 0.15) is 58.1 Å². The Hall–Kier alpha value is -2.63. The Labute approximate surface area is 159 Å². The van der Waals surface area contributed by atoms with Crippen molar-refractivity contribution in [2.45, 2.75) is 52.5 Å². The van der Waals surface area contributed by atoms with Crippen LogP contribution in [-0.2, 0) is 14.4 Å². The van der Waals surface area contributed by atoms with E-state index in [0.717, 1.165) is 5.56 Å². The van der Waals surface area contributed by atoms with Crippen LogP contribution < -0.4 is 0 Å². The van der Waals surface area contributed by atoms with Crippen molar-refractivity contribution in [2.24, 2.45) is 5.41 Å². The number of aliphatic hydroxyl groups excluding tert-OH is 1. The number of aliphatic carboxylic acids is 1. The highest BCUT2D eigenvalue weighted by Gasteiger charge is 2.45. The first-order valence-corrected chi connectivity index (χ1v) is 9.20. The monoisotopic (exact) mass is 373 g/mol. The van der Waals surface area contributed by atoms with Gasteiger partial charge in [0.1, 0.15) is 0 Å². The number of unbranched alkanes of at least 4 members (excludes halogenated alkanes) is 2. The number of rotatable bonds is 8. The number of carbonyl (C=O) groups is 3. The number of carbonyl (C=O) groups excluding carboxylic acids is 2. The molecule has 1 aliphatic rings. The maximum atomic E-state index is 12.9. The van der Waals surface area contributed by atoms with Gasteiger partial charge in [0, 0.05) is 18.4 Å². The predicted molar refractivity (Wildman–Crippen MR) is 101 cm³/mol. The molecule has 6 nitrogen and oxygen atoms in total. The Bertz CT molecular complexity index is 746. The van der Waals surface area contributed by atoms with Crippen LogP contribution >= 0.6 is 0 Å². The van der Waals surface area contributed by atoms with Crippen molar-refractivity contribution < 1.29 is 24.6 Å². The van der Waals surface area contributed by atoms with E-state index >= 15 is 0 Å². The molecule has 1 atom stereocenters. The van der Waals surface area contributed by atoms with E-state index in [1.54, 1.807) is 20.8 Å². The molecule has 0 aliphatic carbocycles. The molecule has 146 valence electrons. The summed E-state index contributed by atoms with van der Waals surface area (Å²) in [5.74, 6) is -2.12. The smallest absolute Gasteiger partial charge is 0.303 e. The van der Waals surface area contributed by atoms with Crippen molar-refractivity contribution >= 4 is 17.7 Å². The second-order valence-corrected chi connectivity index (χ2v) is 7.86. The minimum atomic E-state index is -0.841. The number of ketones is 1. The third kappa shape index (κ3) is 4.76. The lowest BCUT2D eigenvalue weighted by Crippen LogP contribution is -2.33. The Kier molecular flexibility index (Phi) is 6.41. The molecule has 0 radical (unpaired) electrons. The quantitative estimate of drug-likeness (QED) is 0.678. The summed E-state index contributed by atoms with van der Waals surface area (Å²) in [7, 11) is 0. The third-order valence-electron chi connectivity index (χ3n) is 4.63. The van der Waals surface area contributed by atoms with Gasteiger partial charge in [-0.05, 0) is 18.4 Å². The Morgan fingerprint density at radius 1 is 1.07 bits per heavy atom. The minimum absolute atomic E-state index is 0.0906. The van der Waals surface area contributed by atoms with Gasteiger partial charge in [0.15, 0.2) is 11.5 Å². The topological polar surface area (TPSA) is 94.9 Å². The van der Waals surface area contributed by atoms with Gasteiger partial charge in [-0.15, -0.1) is 0 Å². The zero-order valence-corrected chi connectivity index (χ0v) is 16.1. The van der Waals surface area contributed by atoms with Crippen LogP contribution in [0.5, 0.6) is 0 Å². The first kappa shape index (κ1) is 20.7. The summed E-state index contributed by atoms with van der Waals surface area (Å²) in [6.45, 7) is 5.63. The zero-order chi connectivity index (χ0) is 20.2. The molecule has 0 bridgehead atoms. The summed E-state index contributed by atoms with van der Waals surface area (Å²) in [6, 6.07) is 8.57. The second kappa shape index (κ2) is 8.37. The summed E-state index contributed by atoms with van der Waals surface area (Å²) in [5.41, 5.74) is 0.186. The van der Waals surface area contributed by atoms with Crippen LogP contribution in [0.4, 0.5) is 0 Å². The molecule has 0 fully saturated rings. The maximum Gasteiger partial charge on any atom is 0.303 e. The van der Waals surface area contributed by atoms with E-state index in [9.17, 15) is 19.5 Å². The number of benzene rings is 1. The van der Waals surface area contributed by atoms with Crippen molar-refractivity contribution in [1.82, 2.24) is 4.90 Å². The number of Topliss-reactive ketones (excluding diaryl/α,β-unsaturated/α-hetero) is 1. The fourth-order valence-corrected chi connectivity index (χ4v) is 3.24. The van der Waals surface area contributed by atoms with Gasteiger partial charge in [-0.25, -0.2) is 0 Å². The van der Waals surface area contributed by atoms with E-state index in [4.69, 9.17) is 5.11 Å². The normalized spacial score (nSPS) is 17.5. The lowest BCUT2D eigenvalue weighted by Gasteiger charge is -2.29. The zero-order valence-electron chi connectivity index (χ0n) is 16.1. The van der Waals surface area contributed by atoms with Gasteiger partial charge >= 0.3 is 5.97 Å². The molecule has 27 heavy (non-hydrogen) atoms. The van der Waals surface area contributed by atoms with Gasteiger partial charge in [-0.1, -0.05) is 57.5 Å². The standard InChI is InChI=1S/C21H27NO5/c1-21(2,3)19(26)16-17(14-10-6-4-7-11-14)22(20(27)18(16)25)13-9-5-8-12-15(23)24/h4,6-7,10-11,17,25H,5,8-9,12-13H2,1-3H3,(H,23,24)/t17-/m1/s1. The molecule has 0 spiro atoms. The summed E-state index contributed by atoms with van der Waals surface area (Å²) >= 11 is 0. The Morgan fingerprint density at radius 2 is 1.70 bits per heavy atom. The highest BCUT2D eigenvalue weighted by atomic mass is 16.4. The number of hydrogen-bond donors (Lipinski definition) is 2. The first-order chi connectivity index (χ1) is 12.6. The molecule has 1 aromatic carbocycles. The molecule has 0 saturated carbocycles. The number of carboxylic acids is 1. The second-order valence-electron chi connectivity index (χ2n) is 7.86. The van der Waals surface area contributed by atoms with E-state index in [2.05, 4.69) is 0 Å². The fourth-order valence-electron chi connectivity index (χ4n) is 3.24. The highest BCUT2D eigenvalue weighted by Crippen LogP contribution is 2.40. The van der Waals surface area contributed by atoms with Crippen molar-refractivity contribution in [3.8, 4) is 0 Å². The lowest BCUT2D eigenvalue weighted by molar-refractivity contribution is -0.137. The third-order valence-corrected chi connectivity index (χ3v) is 4.63. The Morgan fingerprint density at radius 3 is 2.26 bits per heavy atom. The molecule has 2 rings (SSSR count). The van der Waals surface area contributed by atoms with Crippen LogP contribution in [0, 0.1) is 5.41 Å². The Balaban J connectivity index is 2.27. The lowest BCUT2D eigenvalue weighted by atomic mass is 9.82. The highest BCUT2D eigenvalue weighted by molar-refractivity contribution is 6.10. The molecule has 1 amide bonds. The number of aliphatic hydroxyl groups is 1. The van der Waals surface area contributed by atoms with Crippen LogP contribution in [-0.4, -0.2) is 39.3 Å². The van der Waals surface area contributed by atoms with Crippen LogP contribution in [0.3, 0.4) is 0 Å². The fraction of sp³-hybridized carbons (Fsp3) is 0.476. The molecule has 1 aliphatic heterocycles. The van der Waals surface area contributed by atoms with Crippen molar-refractivity contribution in [1.29, 1.82) is 0 Å². The number of carboxylic acid groups (broad SMARTS) is 1. The number of amides is 1. The molecule has 1 aromatic rings. The first-order valence-electron chi connectivity index (χ1n) is 9.20. The van der Waals surface area contributed by atoms with Crippen molar-refractivity contribution in [3.63, 3.8) is 0 Å². The molecular weight excluding hydrogens is 346 g/mol. The van der Waals surface area contributed by atoms with Gasteiger partial charge in [0.2, 0.25) is 0 Å². The molecule has 2 N–H and O–H groups in total. The molecule has 1 heterocycles. The van der Waals surface area contributed by atoms with E-state index in [0.29, 0.717) is 25.8 Å². The molecule has 0 aromatic heterocycles. The largest absolute Gasteiger partial charge is 0.503 e. The summed E-state index contributed by atoms with van der Waals surface area (Å²) in [6.07, 6.45) is 1.88. The predicted octanol–water partition coefficient (Wildman–Crippen LogP) is 3.64. The van der Waals surface area contributed by atoms with Crippen LogP contribution in [0.25, 0.3) is 0 Å². The van der Waals surface area contributed by atoms with Gasteiger partial charge in [-0.2, -0.15) is 0 Å². The van der Waals surface area contributed by atoms with E-state index in [1.807, 2.05) is 30.3 Å². The van der Waals surface area contributed by atoms with Gasteiger partial charge in [0.25, 0.3) is 5.91 Å².